The molecule has 2 heterocycles. The smallest absolute Gasteiger partial charge is 0.410 e. The summed E-state index contributed by atoms with van der Waals surface area (Å²) in [4.78, 5) is 14.2. The molecule has 1 saturated heterocycles. The third-order valence-electron chi connectivity index (χ3n) is 5.88. The number of benzene rings is 2. The van der Waals surface area contributed by atoms with Crippen molar-refractivity contribution >= 4 is 6.09 Å². The summed E-state index contributed by atoms with van der Waals surface area (Å²) in [5, 5.41) is 4.55. The molecule has 6 heteroatoms. The molecule has 0 atom stereocenters. The number of aromatic nitrogens is 2. The van der Waals surface area contributed by atoms with Crippen LogP contribution in [0.4, 0.5) is 4.79 Å². The minimum atomic E-state index is -0.221. The zero-order valence-electron chi connectivity index (χ0n) is 17.8. The van der Waals surface area contributed by atoms with E-state index in [-0.39, 0.29) is 6.09 Å². The largest absolute Gasteiger partial charge is 0.445 e. The second kappa shape index (κ2) is 10.3. The van der Waals surface area contributed by atoms with Gasteiger partial charge >= 0.3 is 6.09 Å². The normalized spacial score (nSPS) is 14.5. The fourth-order valence-corrected chi connectivity index (χ4v) is 4.02. The third kappa shape index (κ3) is 5.73. The number of nitrogens with two attached hydrogens (primary N) is 1. The number of amides is 1. The van der Waals surface area contributed by atoms with Gasteiger partial charge in [-0.3, -0.25) is 4.68 Å². The number of rotatable bonds is 7. The highest BCUT2D eigenvalue weighted by atomic mass is 16.6. The third-order valence-corrected chi connectivity index (χ3v) is 5.88. The predicted octanol–water partition coefficient (Wildman–Crippen LogP) is 4.10. The van der Waals surface area contributed by atoms with E-state index in [1.807, 2.05) is 46.1 Å². The average Bonchev–Trinajstić information content (AvgIpc) is 3.28. The van der Waals surface area contributed by atoms with Gasteiger partial charge in [-0.25, -0.2) is 4.79 Å². The first-order valence-corrected chi connectivity index (χ1v) is 11.0. The molecule has 162 valence electrons. The topological polar surface area (TPSA) is 73.4 Å². The van der Waals surface area contributed by atoms with Crippen molar-refractivity contribution in [2.45, 2.75) is 32.4 Å². The molecule has 0 bridgehead atoms. The van der Waals surface area contributed by atoms with Crippen molar-refractivity contribution < 1.29 is 9.53 Å². The van der Waals surface area contributed by atoms with Crippen LogP contribution in [-0.4, -0.2) is 40.4 Å². The summed E-state index contributed by atoms with van der Waals surface area (Å²) >= 11 is 0. The van der Waals surface area contributed by atoms with Crippen molar-refractivity contribution in [1.82, 2.24) is 14.7 Å². The minimum Gasteiger partial charge on any atom is -0.445 e. The van der Waals surface area contributed by atoms with Gasteiger partial charge in [0, 0.05) is 31.4 Å². The molecule has 31 heavy (non-hydrogen) atoms. The van der Waals surface area contributed by atoms with Gasteiger partial charge in [0.15, 0.2) is 0 Å². The van der Waals surface area contributed by atoms with Crippen LogP contribution in [0.25, 0.3) is 11.1 Å². The molecule has 0 saturated carbocycles. The molecule has 0 spiro atoms. The fraction of sp³-hybridized carbons (Fsp3) is 0.360. The molecule has 2 aromatic carbocycles. The molecule has 3 aromatic rings. The quantitative estimate of drug-likeness (QED) is 0.627. The standard InChI is InChI=1S/C25H30N4O2/c26-13-10-20-6-8-23(9-7-20)24-16-27-29(18-24)17-21-11-14-28(15-12-21)25(30)31-19-22-4-2-1-3-5-22/h1-9,16,18,21H,10-15,17,19,26H2. The molecular formula is C25H30N4O2. The van der Waals surface area contributed by atoms with E-state index in [2.05, 4.69) is 35.6 Å². The maximum Gasteiger partial charge on any atom is 0.410 e. The summed E-state index contributed by atoms with van der Waals surface area (Å²) in [6.07, 6.45) is 6.64. The van der Waals surface area contributed by atoms with Gasteiger partial charge in [-0.05, 0) is 48.4 Å². The summed E-state index contributed by atoms with van der Waals surface area (Å²) in [5.41, 5.74) is 10.2. The molecule has 1 aromatic heterocycles. The second-order valence-corrected chi connectivity index (χ2v) is 8.16. The molecular weight excluding hydrogens is 388 g/mol. The highest BCUT2D eigenvalue weighted by Gasteiger charge is 2.24. The van der Waals surface area contributed by atoms with Crippen molar-refractivity contribution in [3.63, 3.8) is 0 Å². The second-order valence-electron chi connectivity index (χ2n) is 8.16. The molecule has 1 fully saturated rings. The predicted molar refractivity (Wildman–Crippen MR) is 121 cm³/mol. The lowest BCUT2D eigenvalue weighted by atomic mass is 9.97. The highest BCUT2D eigenvalue weighted by Crippen LogP contribution is 2.23. The van der Waals surface area contributed by atoms with Crippen molar-refractivity contribution in [1.29, 1.82) is 0 Å². The average molecular weight is 419 g/mol. The summed E-state index contributed by atoms with van der Waals surface area (Å²) in [6, 6.07) is 18.3. The van der Waals surface area contributed by atoms with Gasteiger partial charge in [0.2, 0.25) is 0 Å². The Kier molecular flexibility index (Phi) is 6.99. The first-order chi connectivity index (χ1) is 15.2. The Balaban J connectivity index is 1.24. The van der Waals surface area contributed by atoms with Gasteiger partial charge in [-0.2, -0.15) is 5.10 Å². The van der Waals surface area contributed by atoms with Gasteiger partial charge in [0.25, 0.3) is 0 Å². The first-order valence-electron chi connectivity index (χ1n) is 11.0. The fourth-order valence-electron chi connectivity index (χ4n) is 4.02. The number of carbonyl (C=O) groups is 1. The number of likely N-dealkylation sites (tertiary alicyclic amines) is 1. The van der Waals surface area contributed by atoms with E-state index >= 15 is 0 Å². The Labute approximate surface area is 183 Å². The minimum absolute atomic E-state index is 0.221. The Bertz CT molecular complexity index is 961. The van der Waals surface area contributed by atoms with E-state index in [1.165, 1.54) is 11.1 Å². The van der Waals surface area contributed by atoms with Crippen LogP contribution in [0, 0.1) is 5.92 Å². The van der Waals surface area contributed by atoms with Crippen LogP contribution in [0.1, 0.15) is 24.0 Å². The van der Waals surface area contributed by atoms with Crippen molar-refractivity contribution in [3.8, 4) is 11.1 Å². The molecule has 1 aliphatic heterocycles. The molecule has 0 radical (unpaired) electrons. The maximum absolute atomic E-state index is 12.3. The molecule has 0 aliphatic carbocycles. The number of carbonyl (C=O) groups excluding carboxylic acids is 1. The van der Waals surface area contributed by atoms with E-state index < -0.39 is 0 Å². The van der Waals surface area contributed by atoms with E-state index in [4.69, 9.17) is 10.5 Å². The summed E-state index contributed by atoms with van der Waals surface area (Å²) in [6.45, 7) is 3.33. The number of hydrogen-bond acceptors (Lipinski definition) is 4. The highest BCUT2D eigenvalue weighted by molar-refractivity contribution is 5.67. The first kappa shape index (κ1) is 21.1. The zero-order chi connectivity index (χ0) is 21.5. The van der Waals surface area contributed by atoms with E-state index in [9.17, 15) is 4.79 Å². The SMILES string of the molecule is NCCc1ccc(-c2cnn(CC3CCN(C(=O)OCc4ccccc4)CC3)c2)cc1. The van der Waals surface area contributed by atoms with Gasteiger partial charge in [-0.15, -0.1) is 0 Å². The lowest BCUT2D eigenvalue weighted by Gasteiger charge is -2.31. The molecule has 6 nitrogen and oxygen atoms in total. The Hall–Kier alpha value is -3.12. The van der Waals surface area contributed by atoms with Gasteiger partial charge < -0.3 is 15.4 Å². The molecule has 2 N–H and O–H groups in total. The van der Waals surface area contributed by atoms with Crippen LogP contribution in [0.3, 0.4) is 0 Å². The molecule has 1 amide bonds. The molecule has 4 rings (SSSR count). The Morgan fingerprint density at radius 1 is 1.00 bits per heavy atom. The van der Waals surface area contributed by atoms with Crippen molar-refractivity contribution in [3.05, 3.63) is 78.1 Å². The number of hydrogen-bond donors (Lipinski definition) is 1. The zero-order valence-corrected chi connectivity index (χ0v) is 17.8. The summed E-state index contributed by atoms with van der Waals surface area (Å²) in [7, 11) is 0. The Morgan fingerprint density at radius 3 is 2.45 bits per heavy atom. The summed E-state index contributed by atoms with van der Waals surface area (Å²) < 4.78 is 7.48. The van der Waals surface area contributed by atoms with Gasteiger partial charge in [0.1, 0.15) is 6.61 Å². The van der Waals surface area contributed by atoms with Gasteiger partial charge in [0.05, 0.1) is 6.20 Å². The molecule has 0 unspecified atom stereocenters. The monoisotopic (exact) mass is 418 g/mol. The Morgan fingerprint density at radius 2 is 1.74 bits per heavy atom. The summed E-state index contributed by atoms with van der Waals surface area (Å²) in [5.74, 6) is 0.512. The van der Waals surface area contributed by atoms with Crippen LogP contribution in [0.2, 0.25) is 0 Å². The van der Waals surface area contributed by atoms with Crippen LogP contribution in [-0.2, 0) is 24.3 Å². The van der Waals surface area contributed by atoms with Crippen LogP contribution in [0.5, 0.6) is 0 Å². The van der Waals surface area contributed by atoms with Gasteiger partial charge in [-0.1, -0.05) is 54.6 Å². The van der Waals surface area contributed by atoms with E-state index in [1.54, 1.807) is 0 Å². The van der Waals surface area contributed by atoms with Crippen LogP contribution >= 0.6 is 0 Å². The number of ether oxygens (including phenoxy) is 1. The van der Waals surface area contributed by atoms with Crippen LogP contribution in [0.15, 0.2) is 67.0 Å². The van der Waals surface area contributed by atoms with Crippen LogP contribution < -0.4 is 5.73 Å². The lowest BCUT2D eigenvalue weighted by Crippen LogP contribution is -2.39. The lowest BCUT2D eigenvalue weighted by molar-refractivity contribution is 0.0803. The van der Waals surface area contributed by atoms with E-state index in [0.29, 0.717) is 19.1 Å². The molecule has 1 aliphatic rings. The number of nitrogens with zero attached hydrogens (tertiary/aromatic N) is 3. The van der Waals surface area contributed by atoms with Crippen molar-refractivity contribution in [2.75, 3.05) is 19.6 Å². The maximum atomic E-state index is 12.3. The van der Waals surface area contributed by atoms with Crippen molar-refractivity contribution in [2.24, 2.45) is 11.7 Å². The van der Waals surface area contributed by atoms with E-state index in [0.717, 1.165) is 50.0 Å². The number of piperidine rings is 1.